The number of likely N-dealkylation sites (tertiary alicyclic amines) is 1. The number of likely N-dealkylation sites (N-methyl/N-ethyl adjacent to an activating group) is 1. The number of carboxylic acid groups (broad SMARTS) is 1. The van der Waals surface area contributed by atoms with Gasteiger partial charge in [0.05, 0.1) is 30.0 Å². The molecule has 0 bridgehead atoms. The Morgan fingerprint density at radius 1 is 1.10 bits per heavy atom. The zero-order chi connectivity index (χ0) is 21.1. The Kier molecular flexibility index (Phi) is 5.63. The molecule has 1 aliphatic rings. The monoisotopic (exact) mass is 404 g/mol. The maximum atomic E-state index is 12.3. The van der Waals surface area contributed by atoms with Crippen LogP contribution < -0.4 is 5.32 Å². The lowest BCUT2D eigenvalue weighted by Crippen LogP contribution is -2.37. The lowest BCUT2D eigenvalue weighted by Gasteiger charge is -2.23. The van der Waals surface area contributed by atoms with E-state index in [0.29, 0.717) is 6.54 Å². The number of rotatable bonds is 6. The molecule has 1 aliphatic heterocycles. The molecular formula is C23H24N4O3. The predicted octanol–water partition coefficient (Wildman–Crippen LogP) is 3.32. The van der Waals surface area contributed by atoms with Crippen molar-refractivity contribution < 1.29 is 14.7 Å². The van der Waals surface area contributed by atoms with Crippen molar-refractivity contribution in [2.24, 2.45) is 0 Å². The van der Waals surface area contributed by atoms with E-state index >= 15 is 0 Å². The van der Waals surface area contributed by atoms with Gasteiger partial charge in [0.1, 0.15) is 5.82 Å². The van der Waals surface area contributed by atoms with Crippen LogP contribution in [0.15, 0.2) is 54.7 Å². The van der Waals surface area contributed by atoms with E-state index in [0.717, 1.165) is 47.6 Å². The van der Waals surface area contributed by atoms with E-state index in [1.807, 2.05) is 47.5 Å². The minimum atomic E-state index is -0.930. The number of carboxylic acids is 1. The zero-order valence-corrected chi connectivity index (χ0v) is 16.8. The van der Waals surface area contributed by atoms with Crippen molar-refractivity contribution in [2.75, 3.05) is 20.1 Å². The van der Waals surface area contributed by atoms with E-state index in [4.69, 9.17) is 5.11 Å². The van der Waals surface area contributed by atoms with Crippen molar-refractivity contribution in [3.63, 3.8) is 0 Å². The summed E-state index contributed by atoms with van der Waals surface area (Å²) in [6.07, 6.45) is 3.70. The lowest BCUT2D eigenvalue weighted by atomic mass is 10.0. The van der Waals surface area contributed by atoms with Crippen LogP contribution in [0, 0.1) is 0 Å². The van der Waals surface area contributed by atoms with Gasteiger partial charge < -0.3 is 20.3 Å². The highest BCUT2D eigenvalue weighted by atomic mass is 16.4. The topological polar surface area (TPSA) is 98.3 Å². The van der Waals surface area contributed by atoms with E-state index < -0.39 is 5.97 Å². The fourth-order valence-corrected chi connectivity index (χ4v) is 3.90. The number of H-pyrrole nitrogens is 1. The Bertz CT molecular complexity index is 1040. The highest BCUT2D eigenvalue weighted by Crippen LogP contribution is 2.32. The fraction of sp³-hybridized carbons (Fsp3) is 0.261. The number of aromatic amines is 1. The number of nitrogens with zero attached hydrogens (tertiary/aromatic N) is 2. The maximum Gasteiger partial charge on any atom is 0.335 e. The molecule has 30 heavy (non-hydrogen) atoms. The second kappa shape index (κ2) is 8.51. The first-order valence-electron chi connectivity index (χ1n) is 10.00. The van der Waals surface area contributed by atoms with Gasteiger partial charge in [-0.25, -0.2) is 9.78 Å². The van der Waals surface area contributed by atoms with E-state index in [-0.39, 0.29) is 17.5 Å². The second-order valence-corrected chi connectivity index (χ2v) is 7.42. The highest BCUT2D eigenvalue weighted by molar-refractivity contribution is 5.88. The molecule has 3 N–H and O–H groups in total. The van der Waals surface area contributed by atoms with Crippen LogP contribution >= 0.6 is 0 Å². The summed E-state index contributed by atoms with van der Waals surface area (Å²) < 4.78 is 0. The minimum absolute atomic E-state index is 0.00776. The van der Waals surface area contributed by atoms with Crippen LogP contribution in [0.25, 0.3) is 22.4 Å². The van der Waals surface area contributed by atoms with Gasteiger partial charge in [-0.05, 0) is 48.7 Å². The van der Waals surface area contributed by atoms with Crippen molar-refractivity contribution in [3.8, 4) is 22.4 Å². The summed E-state index contributed by atoms with van der Waals surface area (Å²) in [6, 6.07) is 14.9. The molecule has 0 saturated carbocycles. The van der Waals surface area contributed by atoms with E-state index in [1.54, 1.807) is 19.2 Å². The Hall–Kier alpha value is -3.45. The molecule has 1 fully saturated rings. The smallest absolute Gasteiger partial charge is 0.335 e. The van der Waals surface area contributed by atoms with Crippen LogP contribution in [0.5, 0.6) is 0 Å². The van der Waals surface area contributed by atoms with Crippen LogP contribution in [0.1, 0.15) is 35.1 Å². The molecule has 1 amide bonds. The summed E-state index contributed by atoms with van der Waals surface area (Å²) in [5, 5.41) is 12.0. The maximum absolute atomic E-state index is 12.3. The van der Waals surface area contributed by atoms with Crippen molar-refractivity contribution >= 4 is 11.9 Å². The fourth-order valence-electron chi connectivity index (χ4n) is 3.90. The van der Waals surface area contributed by atoms with Gasteiger partial charge in [-0.15, -0.1) is 0 Å². The minimum Gasteiger partial charge on any atom is -0.478 e. The van der Waals surface area contributed by atoms with E-state index in [2.05, 4.69) is 15.3 Å². The first-order valence-corrected chi connectivity index (χ1v) is 10.00. The standard InChI is InChI=1S/C23H24N4O3/c1-24-14-21(28)27-12-2-3-20(27)22-25-13-19(26-22)17-8-4-15(5-9-17)16-6-10-18(11-7-16)23(29)30/h4-11,13,20,24H,2-3,12,14H2,1H3,(H,25,26)(H,29,30). The Labute approximate surface area is 174 Å². The Balaban J connectivity index is 1.51. The van der Waals surface area contributed by atoms with Crippen LogP contribution in [-0.2, 0) is 4.79 Å². The third kappa shape index (κ3) is 3.97. The van der Waals surface area contributed by atoms with Gasteiger partial charge in [-0.1, -0.05) is 36.4 Å². The van der Waals surface area contributed by atoms with Crippen molar-refractivity contribution in [3.05, 3.63) is 66.1 Å². The number of nitrogens with one attached hydrogen (secondary N) is 2. The number of hydrogen-bond acceptors (Lipinski definition) is 4. The number of aromatic nitrogens is 2. The first kappa shape index (κ1) is 19.8. The van der Waals surface area contributed by atoms with Crippen LogP contribution in [0.2, 0.25) is 0 Å². The molecular weight excluding hydrogens is 380 g/mol. The van der Waals surface area contributed by atoms with Gasteiger partial charge in [-0.2, -0.15) is 0 Å². The van der Waals surface area contributed by atoms with Crippen molar-refractivity contribution in [1.82, 2.24) is 20.2 Å². The summed E-state index contributed by atoms with van der Waals surface area (Å²) in [5.41, 5.74) is 4.16. The molecule has 0 radical (unpaired) electrons. The molecule has 2 heterocycles. The molecule has 1 saturated heterocycles. The predicted molar refractivity (Wildman–Crippen MR) is 114 cm³/mol. The number of amides is 1. The molecule has 7 nitrogen and oxygen atoms in total. The molecule has 1 atom stereocenters. The number of carbonyl (C=O) groups excluding carboxylic acids is 1. The van der Waals surface area contributed by atoms with Gasteiger partial charge in [0.25, 0.3) is 0 Å². The Morgan fingerprint density at radius 3 is 2.37 bits per heavy atom. The summed E-state index contributed by atoms with van der Waals surface area (Å²) in [4.78, 5) is 33.2. The number of benzene rings is 2. The molecule has 154 valence electrons. The van der Waals surface area contributed by atoms with E-state index in [1.165, 1.54) is 0 Å². The lowest BCUT2D eigenvalue weighted by molar-refractivity contribution is -0.131. The molecule has 1 unspecified atom stereocenters. The number of aromatic carboxylic acids is 1. The van der Waals surface area contributed by atoms with Crippen molar-refractivity contribution in [2.45, 2.75) is 18.9 Å². The van der Waals surface area contributed by atoms with Crippen LogP contribution in [0.3, 0.4) is 0 Å². The van der Waals surface area contributed by atoms with Crippen LogP contribution in [-0.4, -0.2) is 52.0 Å². The van der Waals surface area contributed by atoms with Gasteiger partial charge in [-0.3, -0.25) is 4.79 Å². The third-order valence-corrected chi connectivity index (χ3v) is 5.47. The SMILES string of the molecule is CNCC(=O)N1CCCC1c1ncc(-c2ccc(-c3ccc(C(=O)O)cc3)cc2)[nH]1. The quantitative estimate of drug-likeness (QED) is 0.585. The largest absolute Gasteiger partial charge is 0.478 e. The zero-order valence-electron chi connectivity index (χ0n) is 16.8. The highest BCUT2D eigenvalue weighted by Gasteiger charge is 2.31. The number of hydrogen-bond donors (Lipinski definition) is 3. The van der Waals surface area contributed by atoms with Gasteiger partial charge in [0.2, 0.25) is 5.91 Å². The summed E-state index contributed by atoms with van der Waals surface area (Å²) >= 11 is 0. The molecule has 2 aromatic carbocycles. The van der Waals surface area contributed by atoms with Crippen LogP contribution in [0.4, 0.5) is 0 Å². The second-order valence-electron chi connectivity index (χ2n) is 7.42. The molecule has 4 rings (SSSR count). The van der Waals surface area contributed by atoms with Crippen molar-refractivity contribution in [1.29, 1.82) is 0 Å². The van der Waals surface area contributed by atoms with E-state index in [9.17, 15) is 9.59 Å². The Morgan fingerprint density at radius 2 is 1.73 bits per heavy atom. The summed E-state index contributed by atoms with van der Waals surface area (Å²) in [5.74, 6) is -0.0167. The molecule has 7 heteroatoms. The molecule has 3 aromatic rings. The summed E-state index contributed by atoms with van der Waals surface area (Å²) in [6.45, 7) is 1.09. The third-order valence-electron chi connectivity index (χ3n) is 5.47. The number of carbonyl (C=O) groups is 2. The molecule has 1 aromatic heterocycles. The normalized spacial score (nSPS) is 16.0. The average Bonchev–Trinajstić information content (AvgIpc) is 3.44. The molecule has 0 spiro atoms. The average molecular weight is 404 g/mol. The summed E-state index contributed by atoms with van der Waals surface area (Å²) in [7, 11) is 1.78. The molecule has 0 aliphatic carbocycles. The first-order chi connectivity index (χ1) is 14.6. The number of imidazole rings is 1. The van der Waals surface area contributed by atoms with Gasteiger partial charge >= 0.3 is 5.97 Å². The van der Waals surface area contributed by atoms with Gasteiger partial charge in [0, 0.05) is 6.54 Å². The van der Waals surface area contributed by atoms with Gasteiger partial charge in [0.15, 0.2) is 0 Å².